The number of Topliss-reactive ketones (excluding diaryl/α,β-unsaturated/α-hetero) is 1. The summed E-state index contributed by atoms with van der Waals surface area (Å²) in [6, 6.07) is 0. The number of allylic oxidation sites excluding steroid dienone is 3. The minimum Gasteiger partial charge on any atom is -0.479 e. The smallest absolute Gasteiger partial charge is 0.332 e. The van der Waals surface area contributed by atoms with Crippen LogP contribution in [0.4, 0.5) is 0 Å². The van der Waals surface area contributed by atoms with Crippen LogP contribution in [0.15, 0.2) is 24.3 Å². The third kappa shape index (κ3) is 8.77. The van der Waals surface area contributed by atoms with Crippen molar-refractivity contribution in [3.8, 4) is 0 Å². The van der Waals surface area contributed by atoms with E-state index in [1.54, 1.807) is 0 Å². The van der Waals surface area contributed by atoms with Crippen LogP contribution in [0.2, 0.25) is 0 Å². The lowest BCUT2D eigenvalue weighted by atomic mass is 9.91. The fourth-order valence-electron chi connectivity index (χ4n) is 3.35. The number of carboxylic acids is 1. The van der Waals surface area contributed by atoms with Crippen molar-refractivity contribution in [2.75, 3.05) is 0 Å². The van der Waals surface area contributed by atoms with Gasteiger partial charge in [0.15, 0.2) is 6.10 Å². The molecule has 1 aliphatic rings. The van der Waals surface area contributed by atoms with E-state index in [0.717, 1.165) is 25.7 Å². The van der Waals surface area contributed by atoms with Crippen LogP contribution in [-0.2, 0) is 9.59 Å². The molecule has 148 valence electrons. The molecule has 0 amide bonds. The lowest BCUT2D eigenvalue weighted by Crippen LogP contribution is -2.18. The monoisotopic (exact) mass is 366 g/mol. The molecule has 0 aromatic heterocycles. The zero-order valence-corrected chi connectivity index (χ0v) is 15.8. The molecule has 1 rings (SSSR count). The molecule has 4 atom stereocenters. The maximum atomic E-state index is 12.1. The molecule has 0 heterocycles. The van der Waals surface area contributed by atoms with Crippen LogP contribution >= 0.6 is 0 Å². The molecule has 0 saturated heterocycles. The largest absolute Gasteiger partial charge is 0.479 e. The Hall–Kier alpha value is -1.46. The topological polar surface area (TPSA) is 94.8 Å². The van der Waals surface area contributed by atoms with Crippen LogP contribution < -0.4 is 0 Å². The first kappa shape index (κ1) is 22.6. The Kier molecular flexibility index (Phi) is 11.1. The molecule has 1 aliphatic carbocycles. The normalized spacial score (nSPS) is 23.1. The number of carbonyl (C=O) groups excluding carboxylic acids is 1. The van der Waals surface area contributed by atoms with Gasteiger partial charge in [-0.1, -0.05) is 44.1 Å². The molecule has 26 heavy (non-hydrogen) atoms. The van der Waals surface area contributed by atoms with Crippen molar-refractivity contribution in [2.45, 2.75) is 83.3 Å². The molecule has 0 aliphatic heterocycles. The highest BCUT2D eigenvalue weighted by Gasteiger charge is 2.31. The molecule has 0 aromatic carbocycles. The number of aliphatic carboxylic acids is 1. The average Bonchev–Trinajstić information content (AvgIpc) is 2.95. The second-order valence-corrected chi connectivity index (χ2v) is 7.23. The maximum Gasteiger partial charge on any atom is 0.332 e. The molecule has 0 radical (unpaired) electrons. The van der Waals surface area contributed by atoms with Crippen molar-refractivity contribution >= 4 is 11.8 Å². The molecule has 0 bridgehead atoms. The minimum absolute atomic E-state index is 0.0138. The zero-order chi connectivity index (χ0) is 19.4. The highest BCUT2D eigenvalue weighted by atomic mass is 16.4. The van der Waals surface area contributed by atoms with Crippen LogP contribution in [0.3, 0.4) is 0 Å². The minimum atomic E-state index is -1.29. The van der Waals surface area contributed by atoms with Gasteiger partial charge >= 0.3 is 5.97 Å². The second-order valence-electron chi connectivity index (χ2n) is 7.23. The van der Waals surface area contributed by atoms with Crippen LogP contribution in [0, 0.1) is 11.8 Å². The van der Waals surface area contributed by atoms with Gasteiger partial charge in [-0.25, -0.2) is 4.79 Å². The molecule has 0 aromatic rings. The first-order chi connectivity index (χ1) is 12.5. The average molecular weight is 366 g/mol. The molecule has 3 N–H and O–H groups in total. The Labute approximate surface area is 156 Å². The van der Waals surface area contributed by atoms with E-state index in [9.17, 15) is 19.8 Å². The van der Waals surface area contributed by atoms with Crippen molar-refractivity contribution in [2.24, 2.45) is 11.8 Å². The number of aliphatic hydroxyl groups excluding tert-OH is 2. The second kappa shape index (κ2) is 12.8. The maximum absolute atomic E-state index is 12.1. The van der Waals surface area contributed by atoms with Gasteiger partial charge in [0, 0.05) is 12.3 Å². The summed E-state index contributed by atoms with van der Waals surface area (Å²) in [4.78, 5) is 22.6. The van der Waals surface area contributed by atoms with Gasteiger partial charge in [-0.15, -0.1) is 0 Å². The van der Waals surface area contributed by atoms with Crippen molar-refractivity contribution < 1.29 is 24.9 Å². The molecule has 0 spiro atoms. The van der Waals surface area contributed by atoms with Gasteiger partial charge in [-0.3, -0.25) is 4.79 Å². The fraction of sp³-hybridized carbons (Fsp3) is 0.714. The highest BCUT2D eigenvalue weighted by molar-refractivity contribution is 5.83. The van der Waals surface area contributed by atoms with E-state index in [2.05, 4.69) is 13.0 Å². The summed E-state index contributed by atoms with van der Waals surface area (Å²) >= 11 is 0. The summed E-state index contributed by atoms with van der Waals surface area (Å²) in [5.41, 5.74) is 0. The molecule has 1 fully saturated rings. The molecular formula is C21H34O5. The Bertz CT molecular complexity index is 483. The van der Waals surface area contributed by atoms with Gasteiger partial charge in [0.25, 0.3) is 0 Å². The zero-order valence-electron chi connectivity index (χ0n) is 15.8. The van der Waals surface area contributed by atoms with Crippen LogP contribution in [0.5, 0.6) is 0 Å². The van der Waals surface area contributed by atoms with Gasteiger partial charge < -0.3 is 15.3 Å². The van der Waals surface area contributed by atoms with E-state index in [0.29, 0.717) is 37.9 Å². The molecule has 1 unspecified atom stereocenters. The predicted molar refractivity (Wildman–Crippen MR) is 102 cm³/mol. The van der Waals surface area contributed by atoms with E-state index in [4.69, 9.17) is 5.11 Å². The number of rotatable bonds is 13. The third-order valence-electron chi connectivity index (χ3n) is 5.03. The van der Waals surface area contributed by atoms with Crippen LogP contribution in [0.1, 0.15) is 71.1 Å². The van der Waals surface area contributed by atoms with E-state index in [-0.39, 0.29) is 24.4 Å². The van der Waals surface area contributed by atoms with E-state index >= 15 is 0 Å². The van der Waals surface area contributed by atoms with E-state index in [1.165, 1.54) is 0 Å². The summed E-state index contributed by atoms with van der Waals surface area (Å²) in [5, 5.41) is 27.7. The number of ketones is 1. The number of aliphatic hydroxyl groups is 2. The van der Waals surface area contributed by atoms with Gasteiger partial charge in [-0.05, 0) is 50.9 Å². The number of unbranched alkanes of at least 4 members (excludes halogenated alkanes) is 2. The fourth-order valence-corrected chi connectivity index (χ4v) is 3.35. The van der Waals surface area contributed by atoms with Gasteiger partial charge in [0.05, 0.1) is 6.10 Å². The lowest BCUT2D eigenvalue weighted by Gasteiger charge is -2.13. The van der Waals surface area contributed by atoms with Gasteiger partial charge in [-0.2, -0.15) is 0 Å². The van der Waals surface area contributed by atoms with Gasteiger partial charge in [0.1, 0.15) is 5.78 Å². The number of carbonyl (C=O) groups is 2. The Morgan fingerprint density at radius 2 is 1.96 bits per heavy atom. The Morgan fingerprint density at radius 1 is 1.19 bits per heavy atom. The number of carboxylic acid groups (broad SMARTS) is 1. The third-order valence-corrected chi connectivity index (χ3v) is 5.03. The first-order valence-corrected chi connectivity index (χ1v) is 9.89. The number of hydrogen-bond donors (Lipinski definition) is 3. The SMILES string of the molecule is CCCC[C@@H](O)CC=C[C@H]1CCC(=O)[C@@H]1CC=CCCCC(O)C(=O)O. The summed E-state index contributed by atoms with van der Waals surface area (Å²) in [5.74, 6) is -0.614. The van der Waals surface area contributed by atoms with E-state index in [1.807, 2.05) is 18.2 Å². The quantitative estimate of drug-likeness (QED) is 0.342. The molecule has 1 saturated carbocycles. The number of hydrogen-bond acceptors (Lipinski definition) is 4. The molecular weight excluding hydrogens is 332 g/mol. The first-order valence-electron chi connectivity index (χ1n) is 9.89. The summed E-state index contributed by atoms with van der Waals surface area (Å²) < 4.78 is 0. The van der Waals surface area contributed by atoms with E-state index < -0.39 is 12.1 Å². The van der Waals surface area contributed by atoms with Gasteiger partial charge in [0.2, 0.25) is 0 Å². The Morgan fingerprint density at radius 3 is 2.65 bits per heavy atom. The summed E-state index contributed by atoms with van der Waals surface area (Å²) in [6.45, 7) is 2.11. The summed E-state index contributed by atoms with van der Waals surface area (Å²) in [6.07, 6.45) is 13.9. The highest BCUT2D eigenvalue weighted by Crippen LogP contribution is 2.33. The predicted octanol–water partition coefficient (Wildman–Crippen LogP) is 3.64. The Balaban J connectivity index is 2.33. The van der Waals surface area contributed by atoms with Crippen molar-refractivity contribution in [1.82, 2.24) is 0 Å². The summed E-state index contributed by atoms with van der Waals surface area (Å²) in [7, 11) is 0. The van der Waals surface area contributed by atoms with Crippen LogP contribution in [0.25, 0.3) is 0 Å². The van der Waals surface area contributed by atoms with Crippen molar-refractivity contribution in [3.05, 3.63) is 24.3 Å². The van der Waals surface area contributed by atoms with Crippen LogP contribution in [-0.4, -0.2) is 39.3 Å². The van der Waals surface area contributed by atoms with Crippen molar-refractivity contribution in [3.63, 3.8) is 0 Å². The van der Waals surface area contributed by atoms with Crippen molar-refractivity contribution in [1.29, 1.82) is 0 Å². The standard InChI is InChI=1S/C21H34O5/c1-2-3-10-17(22)11-8-9-16-14-15-19(23)18(16)12-6-4-5-7-13-20(24)21(25)26/h4,6,8-9,16-18,20,22,24H,2-3,5,7,10-15H2,1H3,(H,25,26)/t16-,17+,18+,20?/m0/s1. The lowest BCUT2D eigenvalue weighted by molar-refractivity contribution is -0.146. The molecule has 5 heteroatoms. The molecule has 5 nitrogen and oxygen atoms in total.